The molecule has 0 amide bonds. The number of hydrogen-bond donors (Lipinski definition) is 1. The molecular weight excluding hydrogens is 238 g/mol. The maximum atomic E-state index is 3.49. The fraction of sp³-hybridized carbons (Fsp3) is 0.625. The van der Waals surface area contributed by atoms with Crippen molar-refractivity contribution in [3.63, 3.8) is 0 Å². The largest absolute Gasteiger partial charge is 0.316 e. The van der Waals surface area contributed by atoms with E-state index in [0.717, 1.165) is 5.92 Å². The van der Waals surface area contributed by atoms with Gasteiger partial charge in [-0.1, -0.05) is 26.0 Å². The summed E-state index contributed by atoms with van der Waals surface area (Å²) >= 11 is 2.01. The highest BCUT2D eigenvalue weighted by Gasteiger charge is 2.12. The van der Waals surface area contributed by atoms with Crippen LogP contribution in [0.4, 0.5) is 0 Å². The quantitative estimate of drug-likeness (QED) is 0.795. The number of piperidine rings is 1. The second kappa shape index (κ2) is 7.20. The second-order valence-electron chi connectivity index (χ2n) is 5.57. The summed E-state index contributed by atoms with van der Waals surface area (Å²) in [5.74, 6) is 2.80. The van der Waals surface area contributed by atoms with Gasteiger partial charge >= 0.3 is 0 Å². The molecule has 1 aliphatic heterocycles. The van der Waals surface area contributed by atoms with E-state index in [1.54, 1.807) is 0 Å². The van der Waals surface area contributed by atoms with Crippen molar-refractivity contribution >= 4 is 11.8 Å². The van der Waals surface area contributed by atoms with Gasteiger partial charge in [-0.25, -0.2) is 0 Å². The molecule has 1 aromatic carbocycles. The number of thioether (sulfide) groups is 1. The summed E-state index contributed by atoms with van der Waals surface area (Å²) in [6.07, 6.45) is 4.13. The van der Waals surface area contributed by atoms with Gasteiger partial charge in [0.15, 0.2) is 0 Å². The van der Waals surface area contributed by atoms with Crippen LogP contribution in [0.25, 0.3) is 0 Å². The minimum Gasteiger partial charge on any atom is -0.316 e. The van der Waals surface area contributed by atoms with Crippen molar-refractivity contribution in [2.75, 3.05) is 18.8 Å². The molecular formula is C16H25NS. The van der Waals surface area contributed by atoms with Crippen LogP contribution >= 0.6 is 11.8 Å². The standard InChI is InChI=1S/C16H25NS/c1-13(2)15-5-7-16(8-6-15)18-11-9-14-4-3-10-17-12-14/h5-8,13-14,17H,3-4,9-12H2,1-2H3. The van der Waals surface area contributed by atoms with Crippen LogP contribution in [0.15, 0.2) is 29.2 Å². The lowest BCUT2D eigenvalue weighted by atomic mass is 9.97. The van der Waals surface area contributed by atoms with Crippen molar-refractivity contribution in [1.29, 1.82) is 0 Å². The number of rotatable bonds is 5. The molecule has 0 spiro atoms. The zero-order valence-corrected chi connectivity index (χ0v) is 12.4. The van der Waals surface area contributed by atoms with Gasteiger partial charge in [0.2, 0.25) is 0 Å². The molecule has 1 nitrogen and oxygen atoms in total. The number of hydrogen-bond acceptors (Lipinski definition) is 2. The van der Waals surface area contributed by atoms with Gasteiger partial charge in [0.05, 0.1) is 0 Å². The van der Waals surface area contributed by atoms with Gasteiger partial charge in [-0.15, -0.1) is 11.8 Å². The Morgan fingerprint density at radius 2 is 2.06 bits per heavy atom. The fourth-order valence-corrected chi connectivity index (χ4v) is 3.48. The van der Waals surface area contributed by atoms with E-state index in [9.17, 15) is 0 Å². The Balaban J connectivity index is 1.72. The summed E-state index contributed by atoms with van der Waals surface area (Å²) < 4.78 is 0. The van der Waals surface area contributed by atoms with Gasteiger partial charge in [-0.2, -0.15) is 0 Å². The van der Waals surface area contributed by atoms with Crippen LogP contribution in [0.1, 0.15) is 44.6 Å². The number of benzene rings is 1. The number of nitrogens with one attached hydrogen (secondary N) is 1. The highest BCUT2D eigenvalue weighted by atomic mass is 32.2. The highest BCUT2D eigenvalue weighted by molar-refractivity contribution is 7.99. The van der Waals surface area contributed by atoms with E-state index in [1.165, 1.54) is 48.6 Å². The van der Waals surface area contributed by atoms with Gasteiger partial charge in [-0.05, 0) is 67.6 Å². The Morgan fingerprint density at radius 1 is 1.28 bits per heavy atom. The van der Waals surface area contributed by atoms with E-state index in [2.05, 4.69) is 43.4 Å². The summed E-state index contributed by atoms with van der Waals surface area (Å²) in [7, 11) is 0. The molecule has 0 saturated carbocycles. The van der Waals surface area contributed by atoms with E-state index >= 15 is 0 Å². The Hall–Kier alpha value is -0.470. The average molecular weight is 263 g/mol. The lowest BCUT2D eigenvalue weighted by Crippen LogP contribution is -2.29. The van der Waals surface area contributed by atoms with E-state index in [1.807, 2.05) is 11.8 Å². The van der Waals surface area contributed by atoms with E-state index in [4.69, 9.17) is 0 Å². The van der Waals surface area contributed by atoms with Crippen LogP contribution < -0.4 is 5.32 Å². The molecule has 1 N–H and O–H groups in total. The lowest BCUT2D eigenvalue weighted by molar-refractivity contribution is 0.371. The van der Waals surface area contributed by atoms with Crippen molar-refractivity contribution in [2.45, 2.75) is 43.9 Å². The van der Waals surface area contributed by atoms with E-state index < -0.39 is 0 Å². The summed E-state index contributed by atoms with van der Waals surface area (Å²) in [6, 6.07) is 9.10. The summed E-state index contributed by atoms with van der Waals surface area (Å²) in [5.41, 5.74) is 1.44. The Morgan fingerprint density at radius 3 is 2.67 bits per heavy atom. The van der Waals surface area contributed by atoms with E-state index in [0.29, 0.717) is 5.92 Å². The first-order chi connectivity index (χ1) is 8.75. The van der Waals surface area contributed by atoms with Crippen LogP contribution in [0.5, 0.6) is 0 Å². The van der Waals surface area contributed by atoms with Crippen LogP contribution in [0, 0.1) is 5.92 Å². The molecule has 1 fully saturated rings. The van der Waals surface area contributed by atoms with Crippen LogP contribution in [0.2, 0.25) is 0 Å². The monoisotopic (exact) mass is 263 g/mol. The van der Waals surface area contributed by atoms with Crippen LogP contribution in [0.3, 0.4) is 0 Å². The zero-order valence-electron chi connectivity index (χ0n) is 11.6. The van der Waals surface area contributed by atoms with Gasteiger partial charge in [0.25, 0.3) is 0 Å². The molecule has 2 rings (SSSR count). The van der Waals surface area contributed by atoms with Crippen molar-refractivity contribution in [3.8, 4) is 0 Å². The predicted molar refractivity (Wildman–Crippen MR) is 81.5 cm³/mol. The first-order valence-electron chi connectivity index (χ1n) is 7.19. The SMILES string of the molecule is CC(C)c1ccc(SCCC2CCCNC2)cc1. The Bertz CT molecular complexity index is 339. The molecule has 1 heterocycles. The lowest BCUT2D eigenvalue weighted by Gasteiger charge is -2.22. The van der Waals surface area contributed by atoms with E-state index in [-0.39, 0.29) is 0 Å². The Kier molecular flexibility index (Phi) is 5.58. The molecule has 1 aromatic rings. The van der Waals surface area contributed by atoms with Gasteiger partial charge in [0.1, 0.15) is 0 Å². The molecule has 1 unspecified atom stereocenters. The first-order valence-corrected chi connectivity index (χ1v) is 8.17. The molecule has 0 bridgehead atoms. The maximum Gasteiger partial charge on any atom is 0.00721 e. The molecule has 0 radical (unpaired) electrons. The molecule has 2 heteroatoms. The summed E-state index contributed by atoms with van der Waals surface area (Å²) in [4.78, 5) is 1.42. The third kappa shape index (κ3) is 4.33. The molecule has 1 saturated heterocycles. The third-order valence-electron chi connectivity index (χ3n) is 3.74. The molecule has 0 aromatic heterocycles. The highest BCUT2D eigenvalue weighted by Crippen LogP contribution is 2.24. The van der Waals surface area contributed by atoms with Crippen LogP contribution in [-0.2, 0) is 0 Å². The van der Waals surface area contributed by atoms with Crippen molar-refractivity contribution in [2.24, 2.45) is 5.92 Å². The topological polar surface area (TPSA) is 12.0 Å². The summed E-state index contributed by atoms with van der Waals surface area (Å²) in [6.45, 7) is 6.95. The third-order valence-corrected chi connectivity index (χ3v) is 4.79. The van der Waals surface area contributed by atoms with Gasteiger partial charge in [0, 0.05) is 4.90 Å². The zero-order chi connectivity index (χ0) is 12.8. The van der Waals surface area contributed by atoms with Crippen molar-refractivity contribution < 1.29 is 0 Å². The predicted octanol–water partition coefficient (Wildman–Crippen LogP) is 4.29. The first kappa shape index (κ1) is 14.0. The van der Waals surface area contributed by atoms with Gasteiger partial charge < -0.3 is 5.32 Å². The molecule has 0 aliphatic carbocycles. The molecule has 1 aliphatic rings. The van der Waals surface area contributed by atoms with Crippen LogP contribution in [-0.4, -0.2) is 18.8 Å². The molecule has 100 valence electrons. The normalized spacial score (nSPS) is 20.3. The van der Waals surface area contributed by atoms with Crippen molar-refractivity contribution in [3.05, 3.63) is 29.8 Å². The average Bonchev–Trinajstić information content (AvgIpc) is 2.40. The second-order valence-corrected chi connectivity index (χ2v) is 6.74. The minimum absolute atomic E-state index is 0.636. The minimum atomic E-state index is 0.636. The smallest absolute Gasteiger partial charge is 0.00721 e. The molecule has 18 heavy (non-hydrogen) atoms. The maximum absolute atomic E-state index is 3.49. The van der Waals surface area contributed by atoms with Gasteiger partial charge in [-0.3, -0.25) is 0 Å². The molecule has 1 atom stereocenters. The fourth-order valence-electron chi connectivity index (χ4n) is 2.46. The Labute approximate surface area is 116 Å². The van der Waals surface area contributed by atoms with Crippen molar-refractivity contribution in [1.82, 2.24) is 5.32 Å². The summed E-state index contributed by atoms with van der Waals surface area (Å²) in [5, 5.41) is 3.49.